The maximum atomic E-state index is 11.3. The van der Waals surface area contributed by atoms with Crippen molar-refractivity contribution < 1.29 is 4.79 Å². The van der Waals surface area contributed by atoms with Gasteiger partial charge in [-0.2, -0.15) is 0 Å². The van der Waals surface area contributed by atoms with Gasteiger partial charge in [0.05, 0.1) is 0 Å². The minimum atomic E-state index is -0.145. The van der Waals surface area contributed by atoms with Crippen molar-refractivity contribution in [3.63, 3.8) is 0 Å². The summed E-state index contributed by atoms with van der Waals surface area (Å²) in [5, 5.41) is 2.80. The standard InChI is InChI=1S/C13H18N2O/c1-2-3-9-13(16)15-10-12(14)11-7-5-4-6-8-11/h2,4-8,12H,1,3,9-10,14H2,(H,15,16). The number of hydrogen-bond acceptors (Lipinski definition) is 2. The van der Waals surface area contributed by atoms with Crippen LogP contribution in [0.25, 0.3) is 0 Å². The van der Waals surface area contributed by atoms with E-state index in [1.54, 1.807) is 6.08 Å². The molecule has 0 aromatic heterocycles. The van der Waals surface area contributed by atoms with Crippen molar-refractivity contribution in [1.82, 2.24) is 5.32 Å². The Hall–Kier alpha value is -1.61. The summed E-state index contributed by atoms with van der Waals surface area (Å²) in [6.07, 6.45) is 2.91. The van der Waals surface area contributed by atoms with Crippen LogP contribution in [0.15, 0.2) is 43.0 Å². The van der Waals surface area contributed by atoms with E-state index in [9.17, 15) is 4.79 Å². The molecule has 0 spiro atoms. The lowest BCUT2D eigenvalue weighted by Gasteiger charge is -2.12. The molecule has 1 atom stereocenters. The second-order valence-electron chi connectivity index (χ2n) is 3.65. The highest BCUT2D eigenvalue weighted by Crippen LogP contribution is 2.07. The molecule has 1 unspecified atom stereocenters. The number of hydrogen-bond donors (Lipinski definition) is 2. The number of benzene rings is 1. The molecule has 0 fully saturated rings. The van der Waals surface area contributed by atoms with E-state index >= 15 is 0 Å². The Balaban J connectivity index is 2.33. The van der Waals surface area contributed by atoms with Crippen molar-refractivity contribution in [2.75, 3.05) is 6.54 Å². The van der Waals surface area contributed by atoms with E-state index < -0.39 is 0 Å². The molecule has 0 aliphatic heterocycles. The first-order valence-corrected chi connectivity index (χ1v) is 5.42. The van der Waals surface area contributed by atoms with Crippen LogP contribution in [-0.4, -0.2) is 12.5 Å². The molecule has 0 aliphatic rings. The van der Waals surface area contributed by atoms with Gasteiger partial charge in [-0.05, 0) is 12.0 Å². The minimum absolute atomic E-state index is 0.0197. The SMILES string of the molecule is C=CCCC(=O)NCC(N)c1ccccc1. The van der Waals surface area contributed by atoms with Crippen LogP contribution in [0.3, 0.4) is 0 Å². The topological polar surface area (TPSA) is 55.1 Å². The Kier molecular flexibility index (Phi) is 5.29. The van der Waals surface area contributed by atoms with Gasteiger partial charge < -0.3 is 11.1 Å². The van der Waals surface area contributed by atoms with Gasteiger partial charge in [0.1, 0.15) is 0 Å². The molecule has 86 valence electrons. The van der Waals surface area contributed by atoms with Crippen LogP contribution in [0.4, 0.5) is 0 Å². The molecule has 3 N–H and O–H groups in total. The third-order valence-electron chi connectivity index (χ3n) is 2.32. The number of carbonyl (C=O) groups is 1. The van der Waals surface area contributed by atoms with Crippen LogP contribution in [-0.2, 0) is 4.79 Å². The number of carbonyl (C=O) groups excluding carboxylic acids is 1. The van der Waals surface area contributed by atoms with E-state index in [1.165, 1.54) is 0 Å². The highest BCUT2D eigenvalue weighted by Gasteiger charge is 2.06. The molecule has 3 heteroatoms. The van der Waals surface area contributed by atoms with Crippen LogP contribution in [0.5, 0.6) is 0 Å². The van der Waals surface area contributed by atoms with Crippen molar-refractivity contribution in [1.29, 1.82) is 0 Å². The molecule has 0 heterocycles. The molecule has 0 bridgehead atoms. The highest BCUT2D eigenvalue weighted by atomic mass is 16.1. The molecule has 16 heavy (non-hydrogen) atoms. The molecular weight excluding hydrogens is 200 g/mol. The lowest BCUT2D eigenvalue weighted by atomic mass is 10.1. The zero-order valence-corrected chi connectivity index (χ0v) is 9.36. The predicted octanol–water partition coefficient (Wildman–Crippen LogP) is 1.77. The van der Waals surface area contributed by atoms with Gasteiger partial charge in [0.2, 0.25) is 5.91 Å². The number of rotatable bonds is 6. The molecule has 1 rings (SSSR count). The van der Waals surface area contributed by atoms with Gasteiger partial charge in [0, 0.05) is 19.0 Å². The zero-order chi connectivity index (χ0) is 11.8. The Morgan fingerprint density at radius 3 is 2.75 bits per heavy atom. The summed E-state index contributed by atoms with van der Waals surface area (Å²) >= 11 is 0. The fraction of sp³-hybridized carbons (Fsp3) is 0.308. The fourth-order valence-corrected chi connectivity index (χ4v) is 1.36. The van der Waals surface area contributed by atoms with E-state index in [2.05, 4.69) is 11.9 Å². The van der Waals surface area contributed by atoms with Crippen LogP contribution in [0.2, 0.25) is 0 Å². The van der Waals surface area contributed by atoms with Crippen LogP contribution < -0.4 is 11.1 Å². The number of nitrogens with one attached hydrogen (secondary N) is 1. The molecule has 1 amide bonds. The normalized spacial score (nSPS) is 11.8. The van der Waals surface area contributed by atoms with E-state index in [0.29, 0.717) is 19.4 Å². The van der Waals surface area contributed by atoms with E-state index in [1.807, 2.05) is 30.3 Å². The summed E-state index contributed by atoms with van der Waals surface area (Å²) in [6, 6.07) is 9.59. The summed E-state index contributed by atoms with van der Waals surface area (Å²) in [4.78, 5) is 11.3. The second kappa shape index (κ2) is 6.80. The average molecular weight is 218 g/mol. The largest absolute Gasteiger partial charge is 0.354 e. The molecular formula is C13H18N2O. The zero-order valence-electron chi connectivity index (χ0n) is 9.36. The fourth-order valence-electron chi connectivity index (χ4n) is 1.36. The van der Waals surface area contributed by atoms with Gasteiger partial charge >= 0.3 is 0 Å². The third kappa shape index (κ3) is 4.28. The Morgan fingerprint density at radius 2 is 2.12 bits per heavy atom. The highest BCUT2D eigenvalue weighted by molar-refractivity contribution is 5.76. The Bertz CT molecular complexity index is 335. The Labute approximate surface area is 96.3 Å². The van der Waals surface area contributed by atoms with Gasteiger partial charge in [0.25, 0.3) is 0 Å². The minimum Gasteiger partial charge on any atom is -0.354 e. The molecule has 0 aliphatic carbocycles. The van der Waals surface area contributed by atoms with Crippen LogP contribution >= 0.6 is 0 Å². The molecule has 1 aromatic rings. The van der Waals surface area contributed by atoms with E-state index in [4.69, 9.17) is 5.73 Å². The van der Waals surface area contributed by atoms with Crippen molar-refractivity contribution in [3.8, 4) is 0 Å². The van der Waals surface area contributed by atoms with E-state index in [0.717, 1.165) is 5.56 Å². The lowest BCUT2D eigenvalue weighted by Crippen LogP contribution is -2.31. The van der Waals surface area contributed by atoms with Crippen molar-refractivity contribution in [2.24, 2.45) is 5.73 Å². The summed E-state index contributed by atoms with van der Waals surface area (Å²) in [5.41, 5.74) is 6.97. The second-order valence-corrected chi connectivity index (χ2v) is 3.65. The monoisotopic (exact) mass is 218 g/mol. The van der Waals surface area contributed by atoms with Crippen molar-refractivity contribution in [2.45, 2.75) is 18.9 Å². The van der Waals surface area contributed by atoms with Gasteiger partial charge in [-0.3, -0.25) is 4.79 Å². The smallest absolute Gasteiger partial charge is 0.220 e. The summed E-state index contributed by atoms with van der Waals surface area (Å²) in [6.45, 7) is 4.04. The van der Waals surface area contributed by atoms with Crippen LogP contribution in [0.1, 0.15) is 24.4 Å². The first-order chi connectivity index (χ1) is 7.74. The number of amides is 1. The first kappa shape index (κ1) is 12.5. The molecule has 1 aromatic carbocycles. The van der Waals surface area contributed by atoms with Crippen LogP contribution in [0, 0.1) is 0 Å². The predicted molar refractivity (Wildman–Crippen MR) is 65.8 cm³/mol. The first-order valence-electron chi connectivity index (χ1n) is 5.42. The van der Waals surface area contributed by atoms with Gasteiger partial charge in [0.15, 0.2) is 0 Å². The van der Waals surface area contributed by atoms with Crippen molar-refractivity contribution in [3.05, 3.63) is 48.6 Å². The molecule has 0 saturated heterocycles. The lowest BCUT2D eigenvalue weighted by molar-refractivity contribution is -0.121. The summed E-state index contributed by atoms with van der Waals surface area (Å²) < 4.78 is 0. The molecule has 0 saturated carbocycles. The van der Waals surface area contributed by atoms with Gasteiger partial charge in [-0.15, -0.1) is 6.58 Å². The van der Waals surface area contributed by atoms with Gasteiger partial charge in [-0.25, -0.2) is 0 Å². The maximum absolute atomic E-state index is 11.3. The number of allylic oxidation sites excluding steroid dienone is 1. The quantitative estimate of drug-likeness (QED) is 0.715. The average Bonchev–Trinajstić information content (AvgIpc) is 2.34. The van der Waals surface area contributed by atoms with Crippen molar-refractivity contribution >= 4 is 5.91 Å². The number of nitrogens with two attached hydrogens (primary N) is 1. The third-order valence-corrected chi connectivity index (χ3v) is 2.32. The molecule has 0 radical (unpaired) electrons. The summed E-state index contributed by atoms with van der Waals surface area (Å²) in [7, 11) is 0. The molecule has 3 nitrogen and oxygen atoms in total. The van der Waals surface area contributed by atoms with Gasteiger partial charge in [-0.1, -0.05) is 36.4 Å². The maximum Gasteiger partial charge on any atom is 0.220 e. The summed E-state index contributed by atoms with van der Waals surface area (Å²) in [5.74, 6) is 0.0197. The Morgan fingerprint density at radius 1 is 1.44 bits per heavy atom. The van der Waals surface area contributed by atoms with E-state index in [-0.39, 0.29) is 11.9 Å².